The number of fused-ring (bicyclic) bond motifs is 3. The monoisotopic (exact) mass is 727 g/mol. The maximum atomic E-state index is 10.6. The molecule has 42 heavy (non-hydrogen) atoms. The van der Waals surface area contributed by atoms with Crippen molar-refractivity contribution in [2.45, 2.75) is 33.1 Å². The van der Waals surface area contributed by atoms with Gasteiger partial charge in [0, 0.05) is 43.9 Å². The third-order valence-electron chi connectivity index (χ3n) is 8.38. The average molecular weight is 728 g/mol. The van der Waals surface area contributed by atoms with Crippen LogP contribution in [0, 0.1) is 19.9 Å². The van der Waals surface area contributed by atoms with Crippen molar-refractivity contribution in [1.82, 2.24) is 9.97 Å². The van der Waals surface area contributed by atoms with Gasteiger partial charge in [0.05, 0.1) is 0 Å². The summed E-state index contributed by atoms with van der Waals surface area (Å²) < 4.78 is 0. The van der Waals surface area contributed by atoms with Gasteiger partial charge in [0.2, 0.25) is 0 Å². The van der Waals surface area contributed by atoms with E-state index in [0.29, 0.717) is 5.52 Å². The number of aromatic nitrogens is 2. The molecule has 0 atom stereocenters. The summed E-state index contributed by atoms with van der Waals surface area (Å²) in [5, 5.41) is 11.5. The maximum Gasteiger partial charge on any atom is 0.140 e. The van der Waals surface area contributed by atoms with Crippen LogP contribution in [0.1, 0.15) is 36.1 Å². The summed E-state index contributed by atoms with van der Waals surface area (Å²) in [5.41, 5.74) is 11.0. The largest absolute Gasteiger partial charge is 0.506 e. The zero-order valence-electron chi connectivity index (χ0n) is 23.9. The van der Waals surface area contributed by atoms with Crippen molar-refractivity contribution in [3.8, 4) is 28.1 Å². The number of nitrogens with zero attached hydrogens (tertiary/aromatic N) is 3. The molecule has 6 aromatic rings. The van der Waals surface area contributed by atoms with E-state index in [1.165, 1.54) is 11.1 Å². The van der Waals surface area contributed by atoms with E-state index >= 15 is 0 Å². The van der Waals surface area contributed by atoms with Crippen LogP contribution in [0.3, 0.4) is 0 Å². The molecule has 1 N–H and O–H groups in total. The van der Waals surface area contributed by atoms with E-state index in [-0.39, 0.29) is 32.2 Å². The molecule has 0 amide bonds. The van der Waals surface area contributed by atoms with E-state index in [0.717, 1.165) is 56.1 Å². The van der Waals surface area contributed by atoms with Crippen molar-refractivity contribution >= 4 is 28.1 Å². The van der Waals surface area contributed by atoms with E-state index in [1.807, 2.05) is 37.4 Å². The Kier molecular flexibility index (Phi) is 6.99. The zero-order chi connectivity index (χ0) is 28.3. The molecule has 0 saturated carbocycles. The molecule has 2 aromatic heterocycles. The van der Waals surface area contributed by atoms with Crippen LogP contribution in [0.15, 0.2) is 103 Å². The van der Waals surface area contributed by atoms with Crippen LogP contribution >= 0.6 is 0 Å². The topological polar surface area (TPSA) is 49.2 Å². The first kappa shape index (κ1) is 27.9. The molecule has 0 spiro atoms. The van der Waals surface area contributed by atoms with Gasteiger partial charge >= 0.3 is 0 Å². The number of aromatic hydroxyl groups is 1. The fourth-order valence-electron chi connectivity index (χ4n) is 6.09. The first-order chi connectivity index (χ1) is 19.8. The molecule has 7 rings (SSSR count). The van der Waals surface area contributed by atoms with Gasteiger partial charge in [-0.2, -0.15) is 0 Å². The summed E-state index contributed by atoms with van der Waals surface area (Å²) in [7, 11) is 0. The van der Waals surface area contributed by atoms with Gasteiger partial charge in [-0.25, -0.2) is 4.98 Å². The van der Waals surface area contributed by atoms with Gasteiger partial charge in [-0.05, 0) is 71.1 Å². The second-order valence-electron chi connectivity index (χ2n) is 11.3. The number of rotatable bonds is 3. The van der Waals surface area contributed by atoms with Crippen molar-refractivity contribution in [1.29, 1.82) is 0 Å². The normalized spacial score (nSPS) is 13.3. The summed E-state index contributed by atoms with van der Waals surface area (Å²) in [6.45, 7) is 8.70. The molecule has 210 valence electrons. The molecule has 3 heterocycles. The first-order valence-electron chi connectivity index (χ1n) is 13.9. The third-order valence-corrected chi connectivity index (χ3v) is 8.38. The van der Waals surface area contributed by atoms with E-state index in [2.05, 4.69) is 98.5 Å². The molecule has 0 unspecified atom stereocenters. The molecule has 4 aromatic carbocycles. The van der Waals surface area contributed by atoms with Crippen molar-refractivity contribution < 1.29 is 26.2 Å². The molecule has 1 aliphatic rings. The van der Waals surface area contributed by atoms with E-state index < -0.39 is 0 Å². The molecule has 1 aliphatic heterocycles. The molecule has 0 radical (unpaired) electrons. The van der Waals surface area contributed by atoms with E-state index in [9.17, 15) is 5.11 Å². The number of pyridine rings is 2. The molecular weight excluding hydrogens is 698 g/mol. The summed E-state index contributed by atoms with van der Waals surface area (Å²) >= 11 is 0. The fourth-order valence-corrected chi connectivity index (χ4v) is 6.09. The van der Waals surface area contributed by atoms with Crippen molar-refractivity contribution in [3.05, 3.63) is 132 Å². The molecule has 5 heteroatoms. The van der Waals surface area contributed by atoms with E-state index in [1.54, 1.807) is 6.07 Å². The quantitative estimate of drug-likeness (QED) is 0.185. The van der Waals surface area contributed by atoms with Crippen molar-refractivity contribution in [3.63, 3.8) is 0 Å². The number of phenolic OH excluding ortho intramolecular Hbond substituents is 1. The van der Waals surface area contributed by atoms with Crippen molar-refractivity contribution in [2.24, 2.45) is 0 Å². The molecule has 0 fully saturated rings. The van der Waals surface area contributed by atoms with Crippen molar-refractivity contribution in [2.75, 3.05) is 4.90 Å². The summed E-state index contributed by atoms with van der Waals surface area (Å²) in [4.78, 5) is 12.1. The van der Waals surface area contributed by atoms with Crippen LogP contribution in [0.5, 0.6) is 5.75 Å². The van der Waals surface area contributed by atoms with E-state index in [4.69, 9.17) is 9.97 Å². The smallest absolute Gasteiger partial charge is 0.140 e. The Hall–Kier alpha value is -4.27. The first-order valence-corrected chi connectivity index (χ1v) is 13.9. The second kappa shape index (κ2) is 10.5. The Balaban J connectivity index is 0.00000316. The Morgan fingerprint density at radius 3 is 2.33 bits per heavy atom. The van der Waals surface area contributed by atoms with Crippen LogP contribution in [-0.4, -0.2) is 15.1 Å². The Morgan fingerprint density at radius 1 is 0.786 bits per heavy atom. The molecule has 4 nitrogen and oxygen atoms in total. The number of anilines is 3. The van der Waals surface area contributed by atoms with Crippen LogP contribution in [0.25, 0.3) is 33.3 Å². The SMILES string of the molecule is Cc1cc(N2c3[c-]c(-c4ccc5c(C)ccc(O)c5n4)ccc3C(C)(C)c3ccccc32)ncc1-c1ccccc1.[Pt]. The number of hydrogen-bond donors (Lipinski definition) is 1. The van der Waals surface area contributed by atoms with Gasteiger partial charge in [-0.15, -0.1) is 23.8 Å². The number of phenols is 1. The van der Waals surface area contributed by atoms with Gasteiger partial charge in [0.25, 0.3) is 0 Å². The van der Waals surface area contributed by atoms with Gasteiger partial charge < -0.3 is 10.0 Å². The number of para-hydroxylation sites is 1. The predicted octanol–water partition coefficient (Wildman–Crippen LogP) is 9.19. The van der Waals surface area contributed by atoms with Crippen LogP contribution in [-0.2, 0) is 26.5 Å². The van der Waals surface area contributed by atoms with Crippen LogP contribution in [0.4, 0.5) is 17.2 Å². The summed E-state index contributed by atoms with van der Waals surface area (Å²) in [6.07, 6.45) is 1.97. The van der Waals surface area contributed by atoms with Gasteiger partial charge in [-0.1, -0.05) is 86.1 Å². The standard InChI is InChI=1S/C37H30N3O.Pt/c1-23-14-19-34(41)36-27(23)16-18-31(39-36)26-15-17-30-33(21-26)40(32-13-9-8-12-29(32)37(30,3)4)35-20-24(2)28(22-38-35)25-10-6-5-7-11-25;/h5-20,22,41H,1-4H3;/q-1;. The molecular formula is C37H30N3OPt-. The fraction of sp³-hybridized carbons (Fsp3) is 0.135. The van der Waals surface area contributed by atoms with Crippen LogP contribution in [0.2, 0.25) is 0 Å². The molecule has 0 aliphatic carbocycles. The maximum absolute atomic E-state index is 10.6. The number of aryl methyl sites for hydroxylation is 2. The number of hydrogen-bond acceptors (Lipinski definition) is 4. The Morgan fingerprint density at radius 2 is 1.55 bits per heavy atom. The average Bonchev–Trinajstić information content (AvgIpc) is 2.99. The Bertz CT molecular complexity index is 1970. The minimum atomic E-state index is -0.233. The predicted molar refractivity (Wildman–Crippen MR) is 167 cm³/mol. The minimum absolute atomic E-state index is 0. The van der Waals surface area contributed by atoms with Gasteiger partial charge in [0.15, 0.2) is 0 Å². The second-order valence-corrected chi connectivity index (χ2v) is 11.3. The Labute approximate surface area is 261 Å². The molecule has 0 bridgehead atoms. The molecule has 0 saturated heterocycles. The van der Waals surface area contributed by atoms with Crippen LogP contribution < -0.4 is 4.90 Å². The van der Waals surface area contributed by atoms with Gasteiger partial charge in [0.1, 0.15) is 17.1 Å². The summed E-state index contributed by atoms with van der Waals surface area (Å²) in [6, 6.07) is 36.8. The summed E-state index contributed by atoms with van der Waals surface area (Å²) in [5.74, 6) is 1.03. The third kappa shape index (κ3) is 4.42. The number of benzene rings is 4. The minimum Gasteiger partial charge on any atom is -0.506 e. The zero-order valence-corrected chi connectivity index (χ0v) is 26.2. The van der Waals surface area contributed by atoms with Gasteiger partial charge in [-0.3, -0.25) is 4.98 Å².